The van der Waals surface area contributed by atoms with Crippen molar-refractivity contribution in [2.24, 2.45) is 0 Å². The zero-order valence-electron chi connectivity index (χ0n) is 9.65. The van der Waals surface area contributed by atoms with Crippen molar-refractivity contribution in [1.82, 2.24) is 15.1 Å². The molecule has 0 atom stereocenters. The second kappa shape index (κ2) is 4.42. The maximum Gasteiger partial charge on any atom is 0.0851 e. The highest BCUT2D eigenvalue weighted by atomic mass is 15.3. The van der Waals surface area contributed by atoms with Crippen LogP contribution in [0.15, 0.2) is 17.8 Å². The van der Waals surface area contributed by atoms with Crippen molar-refractivity contribution in [2.75, 3.05) is 13.1 Å². The fourth-order valence-corrected chi connectivity index (χ4v) is 2.72. The van der Waals surface area contributed by atoms with E-state index < -0.39 is 0 Å². The lowest BCUT2D eigenvalue weighted by molar-refractivity contribution is 0.466. The zero-order chi connectivity index (χ0) is 10.8. The number of aromatic nitrogens is 2. The monoisotopic (exact) mass is 217 g/mol. The van der Waals surface area contributed by atoms with E-state index in [2.05, 4.69) is 33.4 Å². The third-order valence-corrected chi connectivity index (χ3v) is 3.65. The lowest BCUT2D eigenvalue weighted by Crippen LogP contribution is -2.05. The molecule has 0 aromatic carbocycles. The first-order valence-corrected chi connectivity index (χ1v) is 6.37. The molecule has 2 heterocycles. The van der Waals surface area contributed by atoms with Gasteiger partial charge in [-0.1, -0.05) is 18.4 Å². The molecular formula is C13H19N3. The van der Waals surface area contributed by atoms with E-state index in [0.29, 0.717) is 6.04 Å². The SMILES string of the molecule is C(=C1CCNC1)c1ccn(C2CCCC2)n1. The zero-order valence-corrected chi connectivity index (χ0v) is 9.65. The molecule has 3 nitrogen and oxygen atoms in total. The van der Waals surface area contributed by atoms with Crippen molar-refractivity contribution < 1.29 is 0 Å². The van der Waals surface area contributed by atoms with Crippen molar-refractivity contribution in [3.63, 3.8) is 0 Å². The highest BCUT2D eigenvalue weighted by Gasteiger charge is 2.17. The molecule has 1 aromatic rings. The maximum absolute atomic E-state index is 4.67. The van der Waals surface area contributed by atoms with Crippen LogP contribution in [0.4, 0.5) is 0 Å². The van der Waals surface area contributed by atoms with Gasteiger partial charge in [0.05, 0.1) is 11.7 Å². The van der Waals surface area contributed by atoms with E-state index in [1.165, 1.54) is 37.7 Å². The van der Waals surface area contributed by atoms with Gasteiger partial charge in [0.2, 0.25) is 0 Å². The van der Waals surface area contributed by atoms with Gasteiger partial charge in [-0.25, -0.2) is 0 Å². The first-order valence-electron chi connectivity index (χ1n) is 6.37. The van der Waals surface area contributed by atoms with Gasteiger partial charge in [-0.2, -0.15) is 5.10 Å². The van der Waals surface area contributed by atoms with E-state index in [1.54, 1.807) is 0 Å². The molecule has 3 heteroatoms. The lowest BCUT2D eigenvalue weighted by Gasteiger charge is -2.08. The van der Waals surface area contributed by atoms with Crippen LogP contribution in [0, 0.1) is 0 Å². The first kappa shape index (κ1) is 10.1. The lowest BCUT2D eigenvalue weighted by atomic mass is 10.2. The van der Waals surface area contributed by atoms with Crippen LogP contribution in [0.5, 0.6) is 0 Å². The van der Waals surface area contributed by atoms with Crippen molar-refractivity contribution in [2.45, 2.75) is 38.1 Å². The van der Waals surface area contributed by atoms with Gasteiger partial charge in [0.1, 0.15) is 0 Å². The minimum absolute atomic E-state index is 0.661. The Hall–Kier alpha value is -1.09. The molecule has 1 aliphatic carbocycles. The maximum atomic E-state index is 4.67. The number of nitrogens with zero attached hydrogens (tertiary/aromatic N) is 2. The molecule has 2 aliphatic rings. The summed E-state index contributed by atoms with van der Waals surface area (Å²) in [6.07, 6.45) is 10.9. The summed E-state index contributed by atoms with van der Waals surface area (Å²) in [7, 11) is 0. The summed E-state index contributed by atoms with van der Waals surface area (Å²) in [5.74, 6) is 0. The molecule has 1 saturated heterocycles. The molecule has 1 saturated carbocycles. The van der Waals surface area contributed by atoms with Crippen LogP contribution in [0.25, 0.3) is 6.08 Å². The quantitative estimate of drug-likeness (QED) is 0.824. The Labute approximate surface area is 96.5 Å². The van der Waals surface area contributed by atoms with E-state index in [4.69, 9.17) is 0 Å². The molecule has 0 bridgehead atoms. The minimum Gasteiger partial charge on any atom is -0.313 e. The number of hydrogen-bond donors (Lipinski definition) is 1. The summed E-state index contributed by atoms with van der Waals surface area (Å²) in [6.45, 7) is 2.16. The smallest absolute Gasteiger partial charge is 0.0851 e. The Morgan fingerprint density at radius 3 is 3.00 bits per heavy atom. The molecule has 86 valence electrons. The summed E-state index contributed by atoms with van der Waals surface area (Å²) < 4.78 is 2.17. The third kappa shape index (κ3) is 2.05. The Morgan fingerprint density at radius 1 is 1.38 bits per heavy atom. The predicted molar refractivity (Wildman–Crippen MR) is 65.2 cm³/mol. The molecule has 0 spiro atoms. The molecule has 16 heavy (non-hydrogen) atoms. The second-order valence-electron chi connectivity index (χ2n) is 4.89. The van der Waals surface area contributed by atoms with Gasteiger partial charge < -0.3 is 5.32 Å². The van der Waals surface area contributed by atoms with E-state index in [1.807, 2.05) is 0 Å². The fraction of sp³-hybridized carbons (Fsp3) is 0.615. The molecule has 0 radical (unpaired) electrons. The summed E-state index contributed by atoms with van der Waals surface area (Å²) >= 11 is 0. The molecule has 1 aliphatic heterocycles. The highest BCUT2D eigenvalue weighted by molar-refractivity contribution is 5.49. The van der Waals surface area contributed by atoms with E-state index in [0.717, 1.165) is 18.8 Å². The van der Waals surface area contributed by atoms with Crippen LogP contribution in [-0.2, 0) is 0 Å². The highest BCUT2D eigenvalue weighted by Crippen LogP contribution is 2.28. The van der Waals surface area contributed by atoms with Crippen molar-refractivity contribution in [3.05, 3.63) is 23.5 Å². The van der Waals surface area contributed by atoms with Crippen LogP contribution >= 0.6 is 0 Å². The number of nitrogens with one attached hydrogen (secondary N) is 1. The largest absolute Gasteiger partial charge is 0.313 e. The Balaban J connectivity index is 1.74. The van der Waals surface area contributed by atoms with Gasteiger partial charge >= 0.3 is 0 Å². The summed E-state index contributed by atoms with van der Waals surface area (Å²) in [5.41, 5.74) is 2.61. The van der Waals surface area contributed by atoms with Crippen LogP contribution in [0.3, 0.4) is 0 Å². The Bertz CT molecular complexity index is 378. The molecule has 0 amide bonds. The number of hydrogen-bond acceptors (Lipinski definition) is 2. The Morgan fingerprint density at radius 2 is 2.25 bits per heavy atom. The van der Waals surface area contributed by atoms with E-state index >= 15 is 0 Å². The molecule has 3 rings (SSSR count). The molecule has 2 fully saturated rings. The summed E-state index contributed by atoms with van der Waals surface area (Å²) in [6, 6.07) is 2.80. The minimum atomic E-state index is 0.661. The van der Waals surface area contributed by atoms with Crippen molar-refractivity contribution in [1.29, 1.82) is 0 Å². The standard InChI is InChI=1S/C13H19N3/c1-2-4-13(3-1)16-8-6-12(15-16)9-11-5-7-14-10-11/h6,8-9,13-14H,1-5,7,10H2. The average Bonchev–Trinajstić information content (AvgIpc) is 2.99. The van der Waals surface area contributed by atoms with Gasteiger partial charge in [-0.3, -0.25) is 4.68 Å². The van der Waals surface area contributed by atoms with Crippen LogP contribution in [0.2, 0.25) is 0 Å². The molecule has 1 aromatic heterocycles. The third-order valence-electron chi connectivity index (χ3n) is 3.65. The predicted octanol–water partition coefficient (Wildman–Crippen LogP) is 2.37. The van der Waals surface area contributed by atoms with Gasteiger partial charge in [0.25, 0.3) is 0 Å². The summed E-state index contributed by atoms with van der Waals surface area (Å²) in [4.78, 5) is 0. The average molecular weight is 217 g/mol. The Kier molecular flexibility index (Phi) is 2.79. The molecular weight excluding hydrogens is 198 g/mol. The van der Waals surface area contributed by atoms with E-state index in [9.17, 15) is 0 Å². The second-order valence-corrected chi connectivity index (χ2v) is 4.89. The molecule has 1 N–H and O–H groups in total. The van der Waals surface area contributed by atoms with Crippen molar-refractivity contribution in [3.8, 4) is 0 Å². The van der Waals surface area contributed by atoms with E-state index in [-0.39, 0.29) is 0 Å². The van der Waals surface area contributed by atoms with Crippen LogP contribution in [-0.4, -0.2) is 22.9 Å². The van der Waals surface area contributed by atoms with Gasteiger partial charge in [-0.15, -0.1) is 0 Å². The van der Waals surface area contributed by atoms with Crippen molar-refractivity contribution >= 4 is 6.08 Å². The van der Waals surface area contributed by atoms with Gasteiger partial charge in [-0.05, 0) is 37.9 Å². The van der Waals surface area contributed by atoms with Gasteiger partial charge in [0.15, 0.2) is 0 Å². The fourth-order valence-electron chi connectivity index (χ4n) is 2.72. The number of rotatable bonds is 2. The summed E-state index contributed by atoms with van der Waals surface area (Å²) in [5, 5.41) is 8.02. The molecule has 0 unspecified atom stereocenters. The first-order chi connectivity index (χ1) is 7.92. The topological polar surface area (TPSA) is 29.9 Å². The van der Waals surface area contributed by atoms with Crippen LogP contribution < -0.4 is 5.32 Å². The van der Waals surface area contributed by atoms with Gasteiger partial charge in [0, 0.05) is 12.7 Å². The normalized spacial score (nSPS) is 24.6. The van der Waals surface area contributed by atoms with Crippen LogP contribution in [0.1, 0.15) is 43.8 Å².